The summed E-state index contributed by atoms with van der Waals surface area (Å²) in [6, 6.07) is 0. The molecule has 1 heterocycles. The Labute approximate surface area is 55.8 Å². The van der Waals surface area contributed by atoms with Gasteiger partial charge in [0.15, 0.2) is 0 Å². The molecule has 52 valence electrons. The molecule has 9 heavy (non-hydrogen) atoms. The van der Waals surface area contributed by atoms with Crippen LogP contribution in [-0.4, -0.2) is 44.5 Å². The minimum absolute atomic E-state index is 0.863. The van der Waals surface area contributed by atoms with Crippen LogP contribution in [0.4, 0.5) is 0 Å². The lowest BCUT2D eigenvalue weighted by atomic mass is 10.5. The molecule has 1 saturated heterocycles. The van der Waals surface area contributed by atoms with Crippen molar-refractivity contribution in [1.29, 1.82) is 0 Å². The molecule has 0 unspecified atom stereocenters. The van der Waals surface area contributed by atoms with Crippen LogP contribution in [0.3, 0.4) is 0 Å². The molecule has 1 aliphatic heterocycles. The topological polar surface area (TPSA) is 27.6 Å². The summed E-state index contributed by atoms with van der Waals surface area (Å²) < 4.78 is 0. The summed E-state index contributed by atoms with van der Waals surface area (Å²) in [7, 11) is 0. The second-order valence-electron chi connectivity index (χ2n) is 2.22. The molecule has 0 atom stereocenters. The average Bonchev–Trinajstić information content (AvgIpc) is 2.34. The molecule has 1 aliphatic rings. The first kappa shape index (κ1) is 6.71. The summed E-state index contributed by atoms with van der Waals surface area (Å²) >= 11 is 0. The largest absolute Gasteiger partial charge is 0.303 e. The number of hydrogen-bond donors (Lipinski definition) is 1. The fourth-order valence-corrected chi connectivity index (χ4v) is 0.956. The van der Waals surface area contributed by atoms with Crippen molar-refractivity contribution in [2.24, 2.45) is 4.99 Å². The van der Waals surface area contributed by atoms with Gasteiger partial charge < -0.3 is 5.32 Å². The van der Waals surface area contributed by atoms with Crippen LogP contribution in [0.5, 0.6) is 0 Å². The molecule has 0 spiro atoms. The highest BCUT2D eigenvalue weighted by atomic mass is 15.3. The summed E-state index contributed by atoms with van der Waals surface area (Å²) in [4.78, 5) is 6.11. The molecule has 1 N–H and O–H groups in total. The van der Waals surface area contributed by atoms with Crippen LogP contribution in [0.15, 0.2) is 4.99 Å². The Hall–Kier alpha value is -0.410. The van der Waals surface area contributed by atoms with Gasteiger partial charge in [0.05, 0.1) is 6.54 Å². The van der Waals surface area contributed by atoms with Crippen LogP contribution in [0.2, 0.25) is 0 Å². The molecular formula is C6H13N3. The molecule has 1 rings (SSSR count). The van der Waals surface area contributed by atoms with Gasteiger partial charge in [0, 0.05) is 26.3 Å². The molecule has 0 aromatic rings. The zero-order valence-corrected chi connectivity index (χ0v) is 5.64. The quantitative estimate of drug-likeness (QED) is 0.520. The van der Waals surface area contributed by atoms with Gasteiger partial charge in [-0.1, -0.05) is 0 Å². The smallest absolute Gasteiger partial charge is 0.0510 e. The van der Waals surface area contributed by atoms with Gasteiger partial charge in [-0.05, 0) is 6.72 Å². The van der Waals surface area contributed by atoms with Crippen LogP contribution in [-0.2, 0) is 0 Å². The molecule has 0 bridgehead atoms. The summed E-state index contributed by atoms with van der Waals surface area (Å²) in [5, 5.41) is 3.25. The SMILES string of the molecule is C=NCCN1CCNC1. The molecular weight excluding hydrogens is 114 g/mol. The Morgan fingerprint density at radius 1 is 1.67 bits per heavy atom. The van der Waals surface area contributed by atoms with Crippen LogP contribution in [0, 0.1) is 0 Å². The molecule has 0 amide bonds. The van der Waals surface area contributed by atoms with E-state index in [0.29, 0.717) is 0 Å². The van der Waals surface area contributed by atoms with Crippen molar-refractivity contribution in [3.8, 4) is 0 Å². The van der Waals surface area contributed by atoms with E-state index in [9.17, 15) is 0 Å². The molecule has 0 aliphatic carbocycles. The van der Waals surface area contributed by atoms with Gasteiger partial charge in [0.25, 0.3) is 0 Å². The van der Waals surface area contributed by atoms with Crippen molar-refractivity contribution in [3.63, 3.8) is 0 Å². The van der Waals surface area contributed by atoms with Crippen molar-refractivity contribution in [2.45, 2.75) is 0 Å². The number of aliphatic imine (C=N–C) groups is 1. The Morgan fingerprint density at radius 2 is 2.56 bits per heavy atom. The predicted molar refractivity (Wildman–Crippen MR) is 38.9 cm³/mol. The Morgan fingerprint density at radius 3 is 3.11 bits per heavy atom. The Balaban J connectivity index is 2.04. The fourth-order valence-electron chi connectivity index (χ4n) is 0.956. The molecule has 0 saturated carbocycles. The van der Waals surface area contributed by atoms with Gasteiger partial charge in [0.1, 0.15) is 0 Å². The lowest BCUT2D eigenvalue weighted by molar-refractivity contribution is 0.345. The Kier molecular flexibility index (Phi) is 2.67. The van der Waals surface area contributed by atoms with Crippen LogP contribution < -0.4 is 5.32 Å². The van der Waals surface area contributed by atoms with E-state index < -0.39 is 0 Å². The van der Waals surface area contributed by atoms with E-state index in [4.69, 9.17) is 0 Å². The van der Waals surface area contributed by atoms with Crippen LogP contribution in [0.1, 0.15) is 0 Å². The number of rotatable bonds is 3. The third-order valence-corrected chi connectivity index (χ3v) is 1.51. The third kappa shape index (κ3) is 2.11. The van der Waals surface area contributed by atoms with Gasteiger partial charge >= 0.3 is 0 Å². The van der Waals surface area contributed by atoms with Gasteiger partial charge in [0.2, 0.25) is 0 Å². The molecule has 0 aromatic heterocycles. The zero-order valence-electron chi connectivity index (χ0n) is 5.64. The van der Waals surface area contributed by atoms with Crippen molar-refractivity contribution in [3.05, 3.63) is 0 Å². The first-order valence-corrected chi connectivity index (χ1v) is 3.29. The van der Waals surface area contributed by atoms with E-state index in [1.54, 1.807) is 0 Å². The molecule has 3 nitrogen and oxygen atoms in total. The minimum atomic E-state index is 0.863. The van der Waals surface area contributed by atoms with Gasteiger partial charge in [-0.15, -0.1) is 0 Å². The first-order valence-electron chi connectivity index (χ1n) is 3.29. The fraction of sp³-hybridized carbons (Fsp3) is 0.833. The monoisotopic (exact) mass is 127 g/mol. The van der Waals surface area contributed by atoms with Crippen molar-refractivity contribution in [1.82, 2.24) is 10.2 Å². The normalized spacial score (nSPS) is 20.4. The average molecular weight is 127 g/mol. The highest BCUT2D eigenvalue weighted by Crippen LogP contribution is 1.90. The summed E-state index contributed by atoms with van der Waals surface area (Å²) in [5.41, 5.74) is 0. The van der Waals surface area contributed by atoms with Crippen molar-refractivity contribution in [2.75, 3.05) is 32.8 Å². The number of nitrogens with zero attached hydrogens (tertiary/aromatic N) is 2. The third-order valence-electron chi connectivity index (χ3n) is 1.51. The number of nitrogens with one attached hydrogen (secondary N) is 1. The maximum atomic E-state index is 3.78. The van der Waals surface area contributed by atoms with E-state index >= 15 is 0 Å². The van der Waals surface area contributed by atoms with Gasteiger partial charge in [-0.2, -0.15) is 0 Å². The van der Waals surface area contributed by atoms with Gasteiger partial charge in [-0.3, -0.25) is 9.89 Å². The van der Waals surface area contributed by atoms with E-state index in [-0.39, 0.29) is 0 Å². The lowest BCUT2D eigenvalue weighted by Gasteiger charge is -2.10. The van der Waals surface area contributed by atoms with Crippen LogP contribution in [0.25, 0.3) is 0 Å². The van der Waals surface area contributed by atoms with Gasteiger partial charge in [-0.25, -0.2) is 0 Å². The highest BCUT2D eigenvalue weighted by Gasteiger charge is 2.07. The Bertz CT molecular complexity index is 86.3. The highest BCUT2D eigenvalue weighted by molar-refractivity contribution is 5.23. The lowest BCUT2D eigenvalue weighted by Crippen LogP contribution is -2.24. The molecule has 0 radical (unpaired) electrons. The maximum absolute atomic E-state index is 3.78. The maximum Gasteiger partial charge on any atom is 0.0510 e. The summed E-state index contributed by atoms with van der Waals surface area (Å²) in [6.45, 7) is 8.65. The first-order chi connectivity index (χ1) is 4.43. The van der Waals surface area contributed by atoms with Crippen molar-refractivity contribution >= 4 is 6.72 Å². The minimum Gasteiger partial charge on any atom is -0.303 e. The molecule has 3 heteroatoms. The number of hydrogen-bond acceptors (Lipinski definition) is 3. The summed E-state index contributed by atoms with van der Waals surface area (Å²) in [5.74, 6) is 0. The standard InChI is InChI=1S/C6H13N3/c1-7-2-4-9-5-3-8-6-9/h8H,1-6H2. The van der Waals surface area contributed by atoms with E-state index in [1.165, 1.54) is 0 Å². The summed E-state index contributed by atoms with van der Waals surface area (Å²) in [6.07, 6.45) is 0. The van der Waals surface area contributed by atoms with E-state index in [0.717, 1.165) is 32.8 Å². The zero-order chi connectivity index (χ0) is 6.53. The van der Waals surface area contributed by atoms with E-state index in [2.05, 4.69) is 21.9 Å². The van der Waals surface area contributed by atoms with Crippen molar-refractivity contribution < 1.29 is 0 Å². The molecule has 0 aromatic carbocycles. The molecule has 1 fully saturated rings. The second kappa shape index (κ2) is 3.58. The predicted octanol–water partition coefficient (Wildman–Crippen LogP) is -0.450. The van der Waals surface area contributed by atoms with Crippen LogP contribution >= 0.6 is 0 Å². The second-order valence-corrected chi connectivity index (χ2v) is 2.22. The van der Waals surface area contributed by atoms with E-state index in [1.807, 2.05) is 0 Å².